The third kappa shape index (κ3) is 3.17. The van der Waals surface area contributed by atoms with Crippen LogP contribution in [0, 0.1) is 0 Å². The standard InChI is InChI=1S/C14H11BrClO2P/c1-18-14(17)11-6-12(16)10(7-13(11)19)8-3-2-4-9(15)5-8/h2-7H,19H2,1H3. The summed E-state index contributed by atoms with van der Waals surface area (Å²) < 4.78 is 5.69. The number of carbonyl (C=O) groups is 1. The van der Waals surface area contributed by atoms with Crippen LogP contribution in [0.2, 0.25) is 5.02 Å². The van der Waals surface area contributed by atoms with Crippen LogP contribution in [0.5, 0.6) is 0 Å². The minimum Gasteiger partial charge on any atom is -0.465 e. The number of ether oxygens (including phenoxy) is 1. The molecule has 0 aliphatic carbocycles. The van der Waals surface area contributed by atoms with E-state index in [2.05, 4.69) is 25.2 Å². The summed E-state index contributed by atoms with van der Waals surface area (Å²) in [4.78, 5) is 11.6. The van der Waals surface area contributed by atoms with Gasteiger partial charge in [0.1, 0.15) is 0 Å². The lowest BCUT2D eigenvalue weighted by Crippen LogP contribution is -2.11. The molecule has 0 N–H and O–H groups in total. The largest absolute Gasteiger partial charge is 0.465 e. The maximum atomic E-state index is 11.6. The highest BCUT2D eigenvalue weighted by Crippen LogP contribution is 2.30. The van der Waals surface area contributed by atoms with E-state index in [1.165, 1.54) is 7.11 Å². The van der Waals surface area contributed by atoms with Crippen LogP contribution >= 0.6 is 36.8 Å². The summed E-state index contributed by atoms with van der Waals surface area (Å²) in [5.41, 5.74) is 2.32. The molecule has 0 aromatic heterocycles. The molecule has 0 amide bonds. The van der Waals surface area contributed by atoms with Crippen molar-refractivity contribution in [3.8, 4) is 11.1 Å². The molecule has 2 rings (SSSR count). The summed E-state index contributed by atoms with van der Waals surface area (Å²) in [5, 5.41) is 1.27. The minimum absolute atomic E-state index is 0.396. The second-order valence-electron chi connectivity index (χ2n) is 3.92. The summed E-state index contributed by atoms with van der Waals surface area (Å²) in [6.07, 6.45) is 0. The molecule has 0 bridgehead atoms. The molecule has 0 saturated carbocycles. The third-order valence-corrected chi connectivity index (χ3v) is 3.96. The molecule has 19 heavy (non-hydrogen) atoms. The van der Waals surface area contributed by atoms with E-state index in [0.717, 1.165) is 20.9 Å². The lowest BCUT2D eigenvalue weighted by Gasteiger charge is -2.10. The van der Waals surface area contributed by atoms with Crippen molar-refractivity contribution in [2.24, 2.45) is 0 Å². The summed E-state index contributed by atoms with van der Waals surface area (Å²) in [6, 6.07) is 11.3. The van der Waals surface area contributed by atoms with Crippen molar-refractivity contribution >= 4 is 48.0 Å². The van der Waals surface area contributed by atoms with Crippen LogP contribution in [-0.4, -0.2) is 13.1 Å². The Labute approximate surface area is 127 Å². The number of halogens is 2. The lowest BCUT2D eigenvalue weighted by molar-refractivity contribution is 0.0602. The van der Waals surface area contributed by atoms with E-state index in [0.29, 0.717) is 10.6 Å². The van der Waals surface area contributed by atoms with E-state index < -0.39 is 5.97 Å². The highest BCUT2D eigenvalue weighted by Gasteiger charge is 2.14. The van der Waals surface area contributed by atoms with Crippen molar-refractivity contribution in [1.29, 1.82) is 0 Å². The van der Waals surface area contributed by atoms with Crippen LogP contribution in [0.4, 0.5) is 0 Å². The van der Waals surface area contributed by atoms with Gasteiger partial charge in [0.25, 0.3) is 0 Å². The number of carbonyl (C=O) groups excluding carboxylic acids is 1. The van der Waals surface area contributed by atoms with Gasteiger partial charge in [0, 0.05) is 15.1 Å². The number of rotatable bonds is 2. The highest BCUT2D eigenvalue weighted by molar-refractivity contribution is 9.10. The van der Waals surface area contributed by atoms with Crippen molar-refractivity contribution < 1.29 is 9.53 Å². The van der Waals surface area contributed by atoms with Gasteiger partial charge in [-0.25, -0.2) is 4.79 Å². The van der Waals surface area contributed by atoms with Crippen LogP contribution < -0.4 is 5.30 Å². The fourth-order valence-electron chi connectivity index (χ4n) is 1.75. The quantitative estimate of drug-likeness (QED) is 0.598. The van der Waals surface area contributed by atoms with E-state index >= 15 is 0 Å². The summed E-state index contributed by atoms with van der Waals surface area (Å²) in [6.45, 7) is 0. The average Bonchev–Trinajstić information content (AvgIpc) is 2.40. The maximum Gasteiger partial charge on any atom is 0.338 e. The second-order valence-corrected chi connectivity index (χ2v) is 5.87. The molecule has 2 aromatic rings. The molecule has 0 radical (unpaired) electrons. The Morgan fingerprint density at radius 1 is 1.32 bits per heavy atom. The van der Waals surface area contributed by atoms with Gasteiger partial charge in [0.2, 0.25) is 0 Å². The third-order valence-electron chi connectivity index (χ3n) is 2.68. The first-order valence-electron chi connectivity index (χ1n) is 5.46. The Morgan fingerprint density at radius 3 is 2.68 bits per heavy atom. The topological polar surface area (TPSA) is 26.3 Å². The Balaban J connectivity index is 2.55. The molecule has 0 aliphatic rings. The smallest absolute Gasteiger partial charge is 0.338 e. The average molecular weight is 358 g/mol. The molecular formula is C14H11BrClO2P. The van der Waals surface area contributed by atoms with Crippen LogP contribution in [-0.2, 0) is 4.74 Å². The Morgan fingerprint density at radius 2 is 2.05 bits per heavy atom. The fraction of sp³-hybridized carbons (Fsp3) is 0.0714. The van der Waals surface area contributed by atoms with Crippen molar-refractivity contribution in [1.82, 2.24) is 0 Å². The van der Waals surface area contributed by atoms with Crippen molar-refractivity contribution in [3.63, 3.8) is 0 Å². The molecule has 1 atom stereocenters. The summed E-state index contributed by atoms with van der Waals surface area (Å²) in [5.74, 6) is -0.396. The van der Waals surface area contributed by atoms with Crippen molar-refractivity contribution in [2.75, 3.05) is 7.11 Å². The number of hydrogen-bond donors (Lipinski definition) is 0. The minimum atomic E-state index is -0.396. The van der Waals surface area contributed by atoms with E-state index in [9.17, 15) is 4.79 Å². The predicted molar refractivity (Wildman–Crippen MR) is 85.3 cm³/mol. The van der Waals surface area contributed by atoms with Gasteiger partial charge in [-0.05, 0) is 35.1 Å². The predicted octanol–water partition coefficient (Wildman–Crippen LogP) is 4.06. The van der Waals surface area contributed by atoms with Gasteiger partial charge in [-0.2, -0.15) is 0 Å². The van der Waals surface area contributed by atoms with E-state index in [4.69, 9.17) is 16.3 Å². The van der Waals surface area contributed by atoms with Crippen LogP contribution in [0.15, 0.2) is 40.9 Å². The van der Waals surface area contributed by atoms with E-state index in [-0.39, 0.29) is 0 Å². The van der Waals surface area contributed by atoms with Crippen LogP contribution in [0.25, 0.3) is 11.1 Å². The number of esters is 1. The second kappa shape index (κ2) is 6.04. The Bertz CT molecular complexity index is 643. The van der Waals surface area contributed by atoms with Gasteiger partial charge < -0.3 is 4.74 Å². The molecule has 0 spiro atoms. The molecule has 1 unspecified atom stereocenters. The Hall–Kier alpha value is -0.890. The van der Waals surface area contributed by atoms with Gasteiger partial charge >= 0.3 is 5.97 Å². The lowest BCUT2D eigenvalue weighted by atomic mass is 10.0. The molecule has 0 aliphatic heterocycles. The van der Waals surface area contributed by atoms with Gasteiger partial charge in [-0.3, -0.25) is 0 Å². The van der Waals surface area contributed by atoms with Crippen molar-refractivity contribution in [3.05, 3.63) is 51.5 Å². The van der Waals surface area contributed by atoms with Crippen LogP contribution in [0.3, 0.4) is 0 Å². The fourth-order valence-corrected chi connectivity index (χ4v) is 2.79. The maximum absolute atomic E-state index is 11.6. The molecule has 5 heteroatoms. The molecule has 2 aromatic carbocycles. The molecule has 98 valence electrons. The summed E-state index contributed by atoms with van der Waals surface area (Å²) >= 11 is 9.69. The Kier molecular flexibility index (Phi) is 4.62. The highest BCUT2D eigenvalue weighted by atomic mass is 79.9. The molecule has 2 nitrogen and oxygen atoms in total. The van der Waals surface area contributed by atoms with Crippen LogP contribution in [0.1, 0.15) is 10.4 Å². The number of benzene rings is 2. The monoisotopic (exact) mass is 356 g/mol. The zero-order valence-corrected chi connectivity index (χ0v) is 13.6. The molecular weight excluding hydrogens is 346 g/mol. The molecule has 0 fully saturated rings. The molecule has 0 heterocycles. The summed E-state index contributed by atoms with van der Waals surface area (Å²) in [7, 11) is 3.88. The molecule has 0 saturated heterocycles. The first kappa shape index (κ1) is 14.5. The van der Waals surface area contributed by atoms with Gasteiger partial charge in [-0.15, -0.1) is 9.24 Å². The SMILES string of the molecule is COC(=O)c1cc(Cl)c(-c2cccc(Br)c2)cc1P. The van der Waals surface area contributed by atoms with Gasteiger partial charge in [0.15, 0.2) is 0 Å². The van der Waals surface area contributed by atoms with Gasteiger partial charge in [0.05, 0.1) is 12.7 Å². The number of hydrogen-bond acceptors (Lipinski definition) is 2. The zero-order valence-electron chi connectivity index (χ0n) is 10.1. The van der Waals surface area contributed by atoms with E-state index in [1.807, 2.05) is 30.3 Å². The number of methoxy groups -OCH3 is 1. The zero-order chi connectivity index (χ0) is 14.0. The normalized spacial score (nSPS) is 10.3. The van der Waals surface area contributed by atoms with Crippen molar-refractivity contribution in [2.45, 2.75) is 0 Å². The first-order chi connectivity index (χ1) is 9.02. The first-order valence-corrected chi connectivity index (χ1v) is 7.21. The van der Waals surface area contributed by atoms with Gasteiger partial charge in [-0.1, -0.05) is 39.7 Å². The van der Waals surface area contributed by atoms with E-state index in [1.54, 1.807) is 6.07 Å².